The minimum absolute atomic E-state index is 0.121. The second-order valence-corrected chi connectivity index (χ2v) is 4.36. The van der Waals surface area contributed by atoms with Crippen LogP contribution >= 0.6 is 0 Å². The highest BCUT2D eigenvalue weighted by molar-refractivity contribution is 5.90. The zero-order valence-corrected chi connectivity index (χ0v) is 11.1. The van der Waals surface area contributed by atoms with E-state index in [9.17, 15) is 4.79 Å². The average Bonchev–Trinajstić information content (AvgIpc) is 2.43. The number of carbonyl (C=O) groups excluding carboxylic acids is 1. The van der Waals surface area contributed by atoms with Gasteiger partial charge in [-0.2, -0.15) is 0 Å². The summed E-state index contributed by atoms with van der Waals surface area (Å²) < 4.78 is 10.2. The van der Waals surface area contributed by atoms with Crippen LogP contribution in [0.5, 0.6) is 5.75 Å². The summed E-state index contributed by atoms with van der Waals surface area (Å²) in [5.41, 5.74) is 6.83. The molecule has 0 radical (unpaired) electrons. The lowest BCUT2D eigenvalue weighted by Gasteiger charge is -2.16. The molecule has 4 heteroatoms. The van der Waals surface area contributed by atoms with Crippen LogP contribution in [0.4, 0.5) is 0 Å². The Balaban J connectivity index is 2.46. The fourth-order valence-electron chi connectivity index (χ4n) is 1.97. The molecule has 2 aromatic carbocycles. The number of nitrogens with two attached hydrogens (primary N) is 1. The minimum Gasteiger partial charge on any atom is -0.481 e. The van der Waals surface area contributed by atoms with Crippen molar-refractivity contribution in [1.29, 1.82) is 0 Å². The first-order valence-corrected chi connectivity index (χ1v) is 6.10. The normalized spacial score (nSPS) is 12.2. The maximum Gasteiger partial charge on any atom is 0.343 e. The highest BCUT2D eigenvalue weighted by atomic mass is 16.6. The van der Waals surface area contributed by atoms with Crippen LogP contribution in [0, 0.1) is 0 Å². The lowest BCUT2D eigenvalue weighted by Crippen LogP contribution is -2.15. The molecule has 0 spiro atoms. The van der Waals surface area contributed by atoms with Crippen molar-refractivity contribution in [3.05, 3.63) is 42.0 Å². The molecule has 1 atom stereocenters. The van der Waals surface area contributed by atoms with Crippen LogP contribution in [-0.2, 0) is 9.53 Å². The van der Waals surface area contributed by atoms with Crippen LogP contribution in [0.2, 0.25) is 0 Å². The van der Waals surface area contributed by atoms with Crippen LogP contribution in [-0.4, -0.2) is 19.7 Å². The van der Waals surface area contributed by atoms with E-state index in [-0.39, 0.29) is 12.6 Å². The van der Waals surface area contributed by atoms with Gasteiger partial charge < -0.3 is 15.2 Å². The fraction of sp³-hybridized carbons (Fsp3) is 0.267. The Morgan fingerprint density at radius 1 is 1.26 bits per heavy atom. The van der Waals surface area contributed by atoms with Gasteiger partial charge in [-0.05, 0) is 12.3 Å². The van der Waals surface area contributed by atoms with Gasteiger partial charge in [0.25, 0.3) is 0 Å². The number of ether oxygens (including phenoxy) is 2. The van der Waals surface area contributed by atoms with Crippen LogP contribution in [0.25, 0.3) is 10.8 Å². The smallest absolute Gasteiger partial charge is 0.343 e. The molecule has 2 aromatic rings. The molecule has 0 aliphatic rings. The lowest BCUT2D eigenvalue weighted by molar-refractivity contribution is -0.142. The van der Waals surface area contributed by atoms with Gasteiger partial charge in [0, 0.05) is 17.0 Å². The summed E-state index contributed by atoms with van der Waals surface area (Å²) in [4.78, 5) is 11.2. The molecule has 0 saturated heterocycles. The van der Waals surface area contributed by atoms with Gasteiger partial charge in [-0.1, -0.05) is 36.4 Å². The molecule has 2 rings (SSSR count). The van der Waals surface area contributed by atoms with E-state index in [1.54, 1.807) is 0 Å². The molecule has 4 nitrogen and oxygen atoms in total. The second-order valence-electron chi connectivity index (χ2n) is 4.36. The maximum absolute atomic E-state index is 11.2. The van der Waals surface area contributed by atoms with Gasteiger partial charge in [-0.15, -0.1) is 0 Å². The third-order valence-corrected chi connectivity index (χ3v) is 2.96. The topological polar surface area (TPSA) is 61.5 Å². The van der Waals surface area contributed by atoms with E-state index in [1.807, 2.05) is 43.3 Å². The summed E-state index contributed by atoms with van der Waals surface area (Å²) in [5, 5.41) is 1.99. The number of esters is 1. The third-order valence-electron chi connectivity index (χ3n) is 2.96. The number of methoxy groups -OCH3 is 1. The molecular formula is C15H17NO3. The molecule has 19 heavy (non-hydrogen) atoms. The number of hydrogen-bond donors (Lipinski definition) is 1. The van der Waals surface area contributed by atoms with Crippen LogP contribution < -0.4 is 10.5 Å². The summed E-state index contributed by atoms with van der Waals surface area (Å²) in [6.45, 7) is 1.76. The Morgan fingerprint density at radius 2 is 2.00 bits per heavy atom. The van der Waals surface area contributed by atoms with Gasteiger partial charge >= 0.3 is 5.97 Å². The van der Waals surface area contributed by atoms with E-state index in [2.05, 4.69) is 4.74 Å². The van der Waals surface area contributed by atoms with E-state index >= 15 is 0 Å². The van der Waals surface area contributed by atoms with Gasteiger partial charge in [0.05, 0.1) is 7.11 Å². The van der Waals surface area contributed by atoms with Crippen LogP contribution in [0.3, 0.4) is 0 Å². The third kappa shape index (κ3) is 2.85. The van der Waals surface area contributed by atoms with Crippen molar-refractivity contribution in [1.82, 2.24) is 0 Å². The summed E-state index contributed by atoms with van der Waals surface area (Å²) in [5.74, 6) is 0.238. The average molecular weight is 259 g/mol. The molecule has 0 aliphatic carbocycles. The molecule has 0 unspecified atom stereocenters. The van der Waals surface area contributed by atoms with Crippen molar-refractivity contribution in [3.8, 4) is 5.75 Å². The van der Waals surface area contributed by atoms with E-state index in [1.165, 1.54) is 7.11 Å². The Hall–Kier alpha value is -2.07. The fourth-order valence-corrected chi connectivity index (χ4v) is 1.97. The summed E-state index contributed by atoms with van der Waals surface area (Å²) in [6, 6.07) is 11.6. The van der Waals surface area contributed by atoms with E-state index in [0.29, 0.717) is 5.75 Å². The Bertz CT molecular complexity index is 593. The second kappa shape index (κ2) is 5.71. The van der Waals surface area contributed by atoms with E-state index in [0.717, 1.165) is 16.3 Å². The monoisotopic (exact) mass is 259 g/mol. The SMILES string of the molecule is COC(=O)COc1c([C@@H](C)N)ccc2ccccc12. The molecule has 0 heterocycles. The Morgan fingerprint density at radius 3 is 2.68 bits per heavy atom. The first-order chi connectivity index (χ1) is 9.13. The van der Waals surface area contributed by atoms with Crippen molar-refractivity contribution >= 4 is 16.7 Å². The predicted octanol–water partition coefficient (Wildman–Crippen LogP) is 2.41. The molecule has 0 amide bonds. The minimum atomic E-state index is -0.413. The van der Waals surface area contributed by atoms with Crippen LogP contribution in [0.1, 0.15) is 18.5 Å². The predicted molar refractivity (Wildman–Crippen MR) is 74.1 cm³/mol. The molecule has 0 aliphatic heterocycles. The van der Waals surface area contributed by atoms with Gasteiger partial charge in [-0.3, -0.25) is 0 Å². The molecule has 0 saturated carbocycles. The van der Waals surface area contributed by atoms with Crippen molar-refractivity contribution in [2.75, 3.05) is 13.7 Å². The summed E-state index contributed by atoms with van der Waals surface area (Å²) in [7, 11) is 1.33. The number of rotatable bonds is 4. The van der Waals surface area contributed by atoms with E-state index < -0.39 is 5.97 Å². The Labute approximate surface area is 112 Å². The first-order valence-electron chi connectivity index (χ1n) is 6.10. The van der Waals surface area contributed by atoms with Crippen molar-refractivity contribution < 1.29 is 14.3 Å². The van der Waals surface area contributed by atoms with Gasteiger partial charge in [-0.25, -0.2) is 4.79 Å². The van der Waals surface area contributed by atoms with Gasteiger partial charge in [0.2, 0.25) is 0 Å². The van der Waals surface area contributed by atoms with Gasteiger partial charge in [0.15, 0.2) is 6.61 Å². The van der Waals surface area contributed by atoms with Crippen molar-refractivity contribution in [2.45, 2.75) is 13.0 Å². The molecule has 2 N–H and O–H groups in total. The molecule has 0 bridgehead atoms. The summed E-state index contributed by atoms with van der Waals surface area (Å²) in [6.07, 6.45) is 0. The quantitative estimate of drug-likeness (QED) is 0.856. The van der Waals surface area contributed by atoms with Gasteiger partial charge in [0.1, 0.15) is 5.75 Å². The number of hydrogen-bond acceptors (Lipinski definition) is 4. The highest BCUT2D eigenvalue weighted by Gasteiger charge is 2.13. The number of carbonyl (C=O) groups is 1. The molecular weight excluding hydrogens is 242 g/mol. The van der Waals surface area contributed by atoms with Crippen molar-refractivity contribution in [3.63, 3.8) is 0 Å². The molecule has 0 aromatic heterocycles. The largest absolute Gasteiger partial charge is 0.481 e. The van der Waals surface area contributed by atoms with Crippen molar-refractivity contribution in [2.24, 2.45) is 5.73 Å². The number of fused-ring (bicyclic) bond motifs is 1. The summed E-state index contributed by atoms with van der Waals surface area (Å²) >= 11 is 0. The van der Waals surface area contributed by atoms with Crippen LogP contribution in [0.15, 0.2) is 36.4 Å². The standard InChI is InChI=1S/C15H17NO3/c1-10(16)12-8-7-11-5-3-4-6-13(11)15(12)19-9-14(17)18-2/h3-8,10H,9,16H2,1-2H3/t10-/m1/s1. The lowest BCUT2D eigenvalue weighted by atomic mass is 10.0. The highest BCUT2D eigenvalue weighted by Crippen LogP contribution is 2.32. The molecule has 100 valence electrons. The zero-order chi connectivity index (χ0) is 13.8. The Kier molecular flexibility index (Phi) is 4.02. The number of benzene rings is 2. The maximum atomic E-state index is 11.2. The zero-order valence-electron chi connectivity index (χ0n) is 11.1. The first kappa shape index (κ1) is 13.4. The van der Waals surface area contributed by atoms with E-state index in [4.69, 9.17) is 10.5 Å². The molecule has 0 fully saturated rings.